The van der Waals surface area contributed by atoms with Crippen LogP contribution in [0.2, 0.25) is 0 Å². The van der Waals surface area contributed by atoms with E-state index in [9.17, 15) is 9.59 Å². The number of nitrogens with zero attached hydrogens (tertiary/aromatic N) is 2. The van der Waals surface area contributed by atoms with Gasteiger partial charge < -0.3 is 15.6 Å². The molecule has 0 saturated carbocycles. The lowest BCUT2D eigenvalue weighted by Crippen LogP contribution is -2.52. The second-order valence-corrected chi connectivity index (χ2v) is 7.14. The third-order valence-corrected chi connectivity index (χ3v) is 4.06. The highest BCUT2D eigenvalue weighted by Crippen LogP contribution is 2.23. The molecule has 2 aromatic rings. The fourth-order valence-corrected chi connectivity index (χ4v) is 2.73. The minimum absolute atomic E-state index is 0.304. The number of nitrogens with two attached hydrogens (primary N) is 1. The molecule has 0 aromatic carbocycles. The number of carbonyl (C=O) groups is 2. The first-order chi connectivity index (χ1) is 11.3. The van der Waals surface area contributed by atoms with Gasteiger partial charge in [0.15, 0.2) is 0 Å². The van der Waals surface area contributed by atoms with E-state index < -0.39 is 17.4 Å². The smallest absolute Gasteiger partial charge is 0.254 e. The van der Waals surface area contributed by atoms with Crippen LogP contribution in [0, 0.1) is 5.41 Å². The first-order valence-corrected chi connectivity index (χ1v) is 8.29. The number of unbranched alkanes of at least 4 members (excludes halogenated alkanes) is 1. The highest BCUT2D eigenvalue weighted by Gasteiger charge is 2.32. The topological polar surface area (TPSA) is 90.0 Å². The second kappa shape index (κ2) is 7.03. The number of aryl methyl sites for hydroxylation is 1. The molecule has 130 valence electrons. The minimum Gasteiger partial charge on any atom is -0.368 e. The van der Waals surface area contributed by atoms with Crippen LogP contribution in [-0.4, -0.2) is 27.4 Å². The van der Waals surface area contributed by atoms with Crippen LogP contribution >= 0.6 is 0 Å². The molecule has 0 fully saturated rings. The largest absolute Gasteiger partial charge is 0.368 e. The quantitative estimate of drug-likeness (QED) is 0.852. The normalized spacial score (nSPS) is 13.0. The van der Waals surface area contributed by atoms with Gasteiger partial charge in [-0.05, 0) is 24.0 Å². The molecule has 2 rings (SSSR count). The Kier molecular flexibility index (Phi) is 5.26. The SMILES string of the molecule is CCCCn1cc(C(=O)N[C@H](C(N)=O)C(C)(C)C)c2cccnc21. The van der Waals surface area contributed by atoms with E-state index >= 15 is 0 Å². The molecule has 6 nitrogen and oxygen atoms in total. The molecule has 0 spiro atoms. The van der Waals surface area contributed by atoms with Crippen molar-refractivity contribution in [2.24, 2.45) is 11.1 Å². The zero-order valence-corrected chi connectivity index (χ0v) is 14.8. The van der Waals surface area contributed by atoms with Crippen molar-refractivity contribution in [3.8, 4) is 0 Å². The molecule has 24 heavy (non-hydrogen) atoms. The van der Waals surface area contributed by atoms with Crippen LogP contribution in [0.5, 0.6) is 0 Å². The van der Waals surface area contributed by atoms with Crippen LogP contribution in [0.4, 0.5) is 0 Å². The third kappa shape index (κ3) is 3.75. The third-order valence-electron chi connectivity index (χ3n) is 4.06. The summed E-state index contributed by atoms with van der Waals surface area (Å²) in [6.07, 6.45) is 5.59. The Morgan fingerprint density at radius 1 is 1.38 bits per heavy atom. The number of fused-ring (bicyclic) bond motifs is 1. The number of rotatable bonds is 6. The van der Waals surface area contributed by atoms with Crippen LogP contribution in [0.3, 0.4) is 0 Å². The van der Waals surface area contributed by atoms with Crippen molar-refractivity contribution in [3.63, 3.8) is 0 Å². The lowest BCUT2D eigenvalue weighted by molar-refractivity contribution is -0.122. The van der Waals surface area contributed by atoms with Crippen molar-refractivity contribution in [1.82, 2.24) is 14.9 Å². The molecule has 0 aliphatic rings. The monoisotopic (exact) mass is 330 g/mol. The van der Waals surface area contributed by atoms with Gasteiger partial charge in [-0.25, -0.2) is 4.98 Å². The van der Waals surface area contributed by atoms with Gasteiger partial charge in [0, 0.05) is 24.3 Å². The predicted octanol–water partition coefficient (Wildman–Crippen LogP) is 2.47. The lowest BCUT2D eigenvalue weighted by Gasteiger charge is -2.28. The van der Waals surface area contributed by atoms with Crippen LogP contribution in [0.1, 0.15) is 50.9 Å². The van der Waals surface area contributed by atoms with E-state index in [1.54, 1.807) is 12.3 Å². The number of hydrogen-bond acceptors (Lipinski definition) is 3. The van der Waals surface area contributed by atoms with Gasteiger partial charge in [-0.3, -0.25) is 9.59 Å². The van der Waals surface area contributed by atoms with E-state index in [1.165, 1.54) is 0 Å². The van der Waals surface area contributed by atoms with E-state index in [4.69, 9.17) is 5.73 Å². The highest BCUT2D eigenvalue weighted by atomic mass is 16.2. The average Bonchev–Trinajstić information content (AvgIpc) is 2.88. The number of aromatic nitrogens is 2. The summed E-state index contributed by atoms with van der Waals surface area (Å²) in [4.78, 5) is 28.9. The second-order valence-electron chi connectivity index (χ2n) is 7.14. The van der Waals surface area contributed by atoms with Crippen LogP contribution < -0.4 is 11.1 Å². The zero-order chi connectivity index (χ0) is 17.9. The van der Waals surface area contributed by atoms with Gasteiger partial charge in [-0.1, -0.05) is 34.1 Å². The Morgan fingerprint density at radius 2 is 2.08 bits per heavy atom. The summed E-state index contributed by atoms with van der Waals surface area (Å²) >= 11 is 0. The number of primary amides is 1. The zero-order valence-electron chi connectivity index (χ0n) is 14.8. The van der Waals surface area contributed by atoms with Gasteiger partial charge in [-0.2, -0.15) is 0 Å². The predicted molar refractivity (Wildman–Crippen MR) is 94.5 cm³/mol. The maximum absolute atomic E-state index is 12.7. The van der Waals surface area contributed by atoms with Crippen molar-refractivity contribution in [3.05, 3.63) is 30.1 Å². The first-order valence-electron chi connectivity index (χ1n) is 8.29. The fourth-order valence-electron chi connectivity index (χ4n) is 2.73. The van der Waals surface area contributed by atoms with E-state index in [1.807, 2.05) is 37.6 Å². The molecule has 2 amide bonds. The van der Waals surface area contributed by atoms with Crippen molar-refractivity contribution in [2.75, 3.05) is 0 Å². The molecule has 0 aliphatic carbocycles. The van der Waals surface area contributed by atoms with Crippen LogP contribution in [-0.2, 0) is 11.3 Å². The van der Waals surface area contributed by atoms with Crippen molar-refractivity contribution < 1.29 is 9.59 Å². The van der Waals surface area contributed by atoms with Gasteiger partial charge >= 0.3 is 0 Å². The average molecular weight is 330 g/mol. The van der Waals surface area contributed by atoms with Gasteiger partial charge in [-0.15, -0.1) is 0 Å². The van der Waals surface area contributed by atoms with Gasteiger partial charge in [0.2, 0.25) is 5.91 Å². The standard InChI is InChI=1S/C18H26N4O2/c1-5-6-10-22-11-13(12-8-7-9-20-16(12)22)17(24)21-14(15(19)23)18(2,3)4/h7-9,11,14H,5-6,10H2,1-4H3,(H2,19,23)(H,21,24)/t14-/m1/s1. The molecule has 2 aromatic heterocycles. The molecule has 0 aliphatic heterocycles. The molecular formula is C18H26N4O2. The summed E-state index contributed by atoms with van der Waals surface area (Å²) in [5.41, 5.74) is 6.30. The molecule has 0 saturated heterocycles. The fraction of sp³-hybridized carbons (Fsp3) is 0.500. The molecular weight excluding hydrogens is 304 g/mol. The summed E-state index contributed by atoms with van der Waals surface area (Å²) in [5.74, 6) is -0.842. The van der Waals surface area contributed by atoms with Gasteiger partial charge in [0.25, 0.3) is 5.91 Å². The number of carbonyl (C=O) groups excluding carboxylic acids is 2. The molecule has 0 unspecified atom stereocenters. The van der Waals surface area contributed by atoms with Crippen molar-refractivity contribution in [2.45, 2.75) is 53.1 Å². The van der Waals surface area contributed by atoms with E-state index in [-0.39, 0.29) is 5.91 Å². The van der Waals surface area contributed by atoms with Crippen molar-refractivity contribution in [1.29, 1.82) is 0 Å². The molecule has 0 radical (unpaired) electrons. The van der Waals surface area contributed by atoms with Crippen LogP contribution in [0.25, 0.3) is 11.0 Å². The summed E-state index contributed by atoms with van der Waals surface area (Å²) < 4.78 is 1.99. The maximum Gasteiger partial charge on any atom is 0.254 e. The molecule has 1 atom stereocenters. The number of amides is 2. The summed E-state index contributed by atoms with van der Waals surface area (Å²) in [6, 6.07) is 2.94. The number of nitrogens with one attached hydrogen (secondary N) is 1. The van der Waals surface area contributed by atoms with E-state index in [2.05, 4.69) is 17.2 Å². The molecule has 3 N–H and O–H groups in total. The van der Waals surface area contributed by atoms with Crippen molar-refractivity contribution >= 4 is 22.8 Å². The number of hydrogen-bond donors (Lipinski definition) is 2. The summed E-state index contributed by atoms with van der Waals surface area (Å²) in [7, 11) is 0. The molecule has 6 heteroatoms. The Morgan fingerprint density at radius 3 is 2.67 bits per heavy atom. The van der Waals surface area contributed by atoms with E-state index in [0.717, 1.165) is 30.4 Å². The van der Waals surface area contributed by atoms with Crippen LogP contribution in [0.15, 0.2) is 24.5 Å². The Bertz CT molecular complexity index is 743. The Balaban J connectivity index is 2.37. The summed E-state index contributed by atoms with van der Waals surface area (Å²) in [6.45, 7) is 8.53. The van der Waals surface area contributed by atoms with Gasteiger partial charge in [0.05, 0.1) is 5.56 Å². The van der Waals surface area contributed by atoms with Gasteiger partial charge in [0.1, 0.15) is 11.7 Å². The maximum atomic E-state index is 12.7. The first kappa shape index (κ1) is 18.0. The summed E-state index contributed by atoms with van der Waals surface area (Å²) in [5, 5.41) is 3.56. The number of pyridine rings is 1. The Hall–Kier alpha value is -2.37. The van der Waals surface area contributed by atoms with E-state index in [0.29, 0.717) is 5.56 Å². The molecule has 0 bridgehead atoms. The lowest BCUT2D eigenvalue weighted by atomic mass is 9.86. The highest BCUT2D eigenvalue weighted by molar-refractivity contribution is 6.07. The Labute approximate surface area is 142 Å². The minimum atomic E-state index is -0.740. The molecule has 2 heterocycles.